The number of carboxylic acid groups (broad SMARTS) is 1. The number of carbonyl (C=O) groups is 1. The van der Waals surface area contributed by atoms with E-state index >= 15 is 0 Å². The highest BCUT2D eigenvalue weighted by Gasteiger charge is 2.35. The van der Waals surface area contributed by atoms with Crippen LogP contribution >= 0.6 is 0 Å². The zero-order chi connectivity index (χ0) is 10.6. The Labute approximate surface area is 85.1 Å². The summed E-state index contributed by atoms with van der Waals surface area (Å²) >= 11 is 0. The fourth-order valence-corrected chi connectivity index (χ4v) is 2.47. The number of unbranched alkanes of at least 4 members (excludes halogenated alkanes) is 1. The summed E-state index contributed by atoms with van der Waals surface area (Å²) in [7, 11) is 0. The highest BCUT2D eigenvalue weighted by Crippen LogP contribution is 2.37. The van der Waals surface area contributed by atoms with Crippen molar-refractivity contribution >= 4 is 5.97 Å². The Morgan fingerprint density at radius 1 is 1.43 bits per heavy atom. The summed E-state index contributed by atoms with van der Waals surface area (Å²) in [6.07, 6.45) is 4.82. The number of aliphatic carboxylic acids is 1. The molecule has 2 N–H and O–H groups in total. The van der Waals surface area contributed by atoms with Crippen LogP contribution in [0.4, 0.5) is 0 Å². The largest absolute Gasteiger partial charge is 0.481 e. The topological polar surface area (TPSA) is 57.5 Å². The summed E-state index contributed by atoms with van der Waals surface area (Å²) in [6, 6.07) is 0. The lowest BCUT2D eigenvalue weighted by molar-refractivity contribution is -0.138. The minimum absolute atomic E-state index is 0.203. The van der Waals surface area contributed by atoms with E-state index in [1.165, 1.54) is 0 Å². The summed E-state index contributed by atoms with van der Waals surface area (Å²) in [5, 5.41) is 18.4. The molecular formula is C11H20O3. The van der Waals surface area contributed by atoms with Crippen molar-refractivity contribution in [2.24, 2.45) is 11.8 Å². The molecular weight excluding hydrogens is 180 g/mol. The van der Waals surface area contributed by atoms with Crippen LogP contribution in [0.3, 0.4) is 0 Å². The number of hydrogen-bond donors (Lipinski definition) is 2. The Kier molecular flexibility index (Phi) is 4.39. The van der Waals surface area contributed by atoms with Gasteiger partial charge >= 0.3 is 5.97 Å². The van der Waals surface area contributed by atoms with E-state index in [0.29, 0.717) is 0 Å². The summed E-state index contributed by atoms with van der Waals surface area (Å²) in [4.78, 5) is 10.6. The number of rotatable bonds is 5. The van der Waals surface area contributed by atoms with Gasteiger partial charge in [-0.25, -0.2) is 0 Å². The molecule has 1 aliphatic rings. The Morgan fingerprint density at radius 2 is 2.14 bits per heavy atom. The zero-order valence-electron chi connectivity index (χ0n) is 8.78. The highest BCUT2D eigenvalue weighted by atomic mass is 16.4. The van der Waals surface area contributed by atoms with E-state index in [0.717, 1.165) is 32.1 Å². The van der Waals surface area contributed by atoms with Crippen molar-refractivity contribution in [3.05, 3.63) is 0 Å². The van der Waals surface area contributed by atoms with Crippen LogP contribution in [0, 0.1) is 11.8 Å². The fraction of sp³-hybridized carbons (Fsp3) is 0.909. The molecule has 1 fully saturated rings. The van der Waals surface area contributed by atoms with Crippen LogP contribution in [0.1, 0.15) is 45.4 Å². The summed E-state index contributed by atoms with van der Waals surface area (Å²) in [6.45, 7) is 2.12. The lowest BCUT2D eigenvalue weighted by Crippen LogP contribution is -2.21. The van der Waals surface area contributed by atoms with Gasteiger partial charge in [-0.15, -0.1) is 0 Å². The maximum atomic E-state index is 10.6. The van der Waals surface area contributed by atoms with Gasteiger partial charge in [0.1, 0.15) is 0 Å². The molecule has 0 saturated heterocycles. The first-order valence-electron chi connectivity index (χ1n) is 5.55. The van der Waals surface area contributed by atoms with Crippen molar-refractivity contribution in [3.8, 4) is 0 Å². The van der Waals surface area contributed by atoms with E-state index in [-0.39, 0.29) is 24.4 Å². The Bertz CT molecular complexity index is 191. The molecule has 0 spiro atoms. The van der Waals surface area contributed by atoms with E-state index in [1.54, 1.807) is 0 Å². The third-order valence-corrected chi connectivity index (χ3v) is 3.26. The number of hydrogen-bond acceptors (Lipinski definition) is 2. The standard InChI is InChI=1S/C11H20O3/c1-2-3-4-9-8(7-11(13)14)5-6-10(9)12/h8-10,12H,2-7H2,1H3,(H,13,14)/t8-,9-,10?/m1/s1. The van der Waals surface area contributed by atoms with Crippen molar-refractivity contribution < 1.29 is 15.0 Å². The lowest BCUT2D eigenvalue weighted by atomic mass is 9.87. The van der Waals surface area contributed by atoms with Gasteiger partial charge in [0.2, 0.25) is 0 Å². The van der Waals surface area contributed by atoms with E-state index in [9.17, 15) is 9.90 Å². The van der Waals surface area contributed by atoms with E-state index in [4.69, 9.17) is 5.11 Å². The molecule has 0 heterocycles. The minimum atomic E-state index is -0.731. The average molecular weight is 200 g/mol. The van der Waals surface area contributed by atoms with Crippen LogP contribution < -0.4 is 0 Å². The predicted octanol–water partition coefficient (Wildman–Crippen LogP) is 2.04. The van der Waals surface area contributed by atoms with Crippen molar-refractivity contribution in [1.82, 2.24) is 0 Å². The molecule has 0 aliphatic heterocycles. The van der Waals surface area contributed by atoms with Gasteiger partial charge in [-0.05, 0) is 31.1 Å². The molecule has 1 saturated carbocycles. The SMILES string of the molecule is CCCC[C@H]1C(O)CC[C@@H]1CC(=O)O. The number of carboxylic acids is 1. The van der Waals surface area contributed by atoms with Crippen molar-refractivity contribution in [3.63, 3.8) is 0 Å². The van der Waals surface area contributed by atoms with Gasteiger partial charge in [-0.2, -0.15) is 0 Å². The van der Waals surface area contributed by atoms with Gasteiger partial charge < -0.3 is 10.2 Å². The normalized spacial score (nSPS) is 32.0. The molecule has 1 unspecified atom stereocenters. The Hall–Kier alpha value is -0.570. The molecule has 0 aromatic carbocycles. The predicted molar refractivity (Wildman–Crippen MR) is 54.0 cm³/mol. The molecule has 0 amide bonds. The monoisotopic (exact) mass is 200 g/mol. The minimum Gasteiger partial charge on any atom is -0.481 e. The molecule has 0 aromatic heterocycles. The summed E-state index contributed by atoms with van der Waals surface area (Å²) in [5.74, 6) is -0.300. The third-order valence-electron chi connectivity index (χ3n) is 3.26. The zero-order valence-corrected chi connectivity index (χ0v) is 8.78. The highest BCUT2D eigenvalue weighted by molar-refractivity contribution is 5.67. The molecule has 0 radical (unpaired) electrons. The van der Waals surface area contributed by atoms with Gasteiger partial charge in [0.15, 0.2) is 0 Å². The summed E-state index contributed by atoms with van der Waals surface area (Å²) in [5.41, 5.74) is 0. The van der Waals surface area contributed by atoms with Gasteiger partial charge in [0, 0.05) is 6.42 Å². The van der Waals surface area contributed by atoms with Crippen LogP contribution in [-0.4, -0.2) is 22.3 Å². The van der Waals surface area contributed by atoms with Crippen LogP contribution in [0.5, 0.6) is 0 Å². The van der Waals surface area contributed by atoms with Gasteiger partial charge in [0.05, 0.1) is 6.10 Å². The molecule has 1 aliphatic carbocycles. The fourth-order valence-electron chi connectivity index (χ4n) is 2.47. The second-order valence-electron chi connectivity index (χ2n) is 4.31. The molecule has 3 atom stereocenters. The van der Waals surface area contributed by atoms with E-state index < -0.39 is 5.97 Å². The van der Waals surface area contributed by atoms with Crippen molar-refractivity contribution in [2.45, 2.75) is 51.6 Å². The molecule has 0 bridgehead atoms. The Balaban J connectivity index is 2.44. The summed E-state index contributed by atoms with van der Waals surface area (Å²) < 4.78 is 0. The molecule has 82 valence electrons. The maximum Gasteiger partial charge on any atom is 0.303 e. The first kappa shape index (κ1) is 11.5. The molecule has 0 aromatic rings. The first-order valence-corrected chi connectivity index (χ1v) is 5.55. The number of aliphatic hydroxyl groups is 1. The van der Waals surface area contributed by atoms with Crippen LogP contribution in [0.25, 0.3) is 0 Å². The first-order chi connectivity index (χ1) is 6.65. The second-order valence-corrected chi connectivity index (χ2v) is 4.31. The molecule has 1 rings (SSSR count). The van der Waals surface area contributed by atoms with Crippen LogP contribution in [0.2, 0.25) is 0 Å². The molecule has 14 heavy (non-hydrogen) atoms. The third kappa shape index (κ3) is 2.98. The van der Waals surface area contributed by atoms with Crippen LogP contribution in [-0.2, 0) is 4.79 Å². The van der Waals surface area contributed by atoms with E-state index in [1.807, 2.05) is 0 Å². The molecule has 3 nitrogen and oxygen atoms in total. The average Bonchev–Trinajstić information content (AvgIpc) is 2.44. The smallest absolute Gasteiger partial charge is 0.303 e. The van der Waals surface area contributed by atoms with Gasteiger partial charge in [0.25, 0.3) is 0 Å². The molecule has 3 heteroatoms. The van der Waals surface area contributed by atoms with E-state index in [2.05, 4.69) is 6.92 Å². The second kappa shape index (κ2) is 5.35. The van der Waals surface area contributed by atoms with Crippen LogP contribution in [0.15, 0.2) is 0 Å². The van der Waals surface area contributed by atoms with Crippen molar-refractivity contribution in [2.75, 3.05) is 0 Å². The maximum absolute atomic E-state index is 10.6. The lowest BCUT2D eigenvalue weighted by Gasteiger charge is -2.20. The van der Waals surface area contributed by atoms with Crippen molar-refractivity contribution in [1.29, 1.82) is 0 Å². The Morgan fingerprint density at radius 3 is 2.71 bits per heavy atom. The van der Waals surface area contributed by atoms with Gasteiger partial charge in [-0.1, -0.05) is 19.8 Å². The van der Waals surface area contributed by atoms with Gasteiger partial charge in [-0.3, -0.25) is 4.79 Å². The number of aliphatic hydroxyl groups excluding tert-OH is 1. The quantitative estimate of drug-likeness (QED) is 0.714.